The predicted octanol–water partition coefficient (Wildman–Crippen LogP) is 14.9. The van der Waals surface area contributed by atoms with Crippen LogP contribution in [0.3, 0.4) is 0 Å². The molecule has 1 unspecified atom stereocenters. The van der Waals surface area contributed by atoms with E-state index in [4.69, 9.17) is 4.99 Å². The van der Waals surface area contributed by atoms with E-state index in [1.54, 1.807) is 0 Å². The number of aliphatic imine (C=N–C) groups is 1. The topological polar surface area (TPSA) is 34.2 Å². The first kappa shape index (κ1) is 36.9. The lowest BCUT2D eigenvalue weighted by atomic mass is 9.88. The molecule has 1 atom stereocenters. The monoisotopic (exact) mass is 808 g/mol. The quantitative estimate of drug-likeness (QED) is 0.178. The molecule has 0 fully saturated rings. The van der Waals surface area contributed by atoms with E-state index in [2.05, 4.69) is 234 Å². The van der Waals surface area contributed by atoms with Gasteiger partial charge in [-0.3, -0.25) is 4.57 Å². The molecular formula is C59H44N4. The summed E-state index contributed by atoms with van der Waals surface area (Å²) in [6.07, 6.45) is 13.0. The van der Waals surface area contributed by atoms with Gasteiger partial charge in [-0.2, -0.15) is 0 Å². The summed E-state index contributed by atoms with van der Waals surface area (Å²) in [6, 6.07) is 68.6. The summed E-state index contributed by atoms with van der Waals surface area (Å²) in [5.41, 5.74) is 16.4. The first-order valence-corrected chi connectivity index (χ1v) is 21.9. The van der Waals surface area contributed by atoms with Crippen molar-refractivity contribution in [2.24, 2.45) is 4.99 Å². The van der Waals surface area contributed by atoms with Gasteiger partial charge in [-0.1, -0.05) is 152 Å². The Balaban J connectivity index is 0.886. The Bertz CT molecular complexity index is 3520. The van der Waals surface area contributed by atoms with Crippen LogP contribution in [0.5, 0.6) is 0 Å². The van der Waals surface area contributed by atoms with E-state index < -0.39 is 5.54 Å². The summed E-state index contributed by atoms with van der Waals surface area (Å²) in [5.74, 6) is 0.801. The maximum Gasteiger partial charge on any atom is 0.208 e. The zero-order valence-electron chi connectivity index (χ0n) is 35.0. The van der Waals surface area contributed by atoms with E-state index in [0.717, 1.165) is 35.5 Å². The van der Waals surface area contributed by atoms with Gasteiger partial charge in [-0.15, -0.1) is 0 Å². The molecule has 0 amide bonds. The number of fused-ring (bicyclic) bond motifs is 6. The second-order valence-corrected chi connectivity index (χ2v) is 17.0. The molecule has 2 aromatic heterocycles. The van der Waals surface area contributed by atoms with E-state index in [9.17, 15) is 0 Å². The van der Waals surface area contributed by atoms with Crippen LogP contribution in [0.25, 0.3) is 88.3 Å². The largest absolute Gasteiger partial charge is 0.343 e. The van der Waals surface area contributed by atoms with Gasteiger partial charge in [0.15, 0.2) is 0 Å². The van der Waals surface area contributed by atoms with Gasteiger partial charge >= 0.3 is 0 Å². The molecule has 1 N–H and O–H groups in total. The van der Waals surface area contributed by atoms with Gasteiger partial charge in [0, 0.05) is 33.4 Å². The Morgan fingerprint density at radius 1 is 0.476 bits per heavy atom. The van der Waals surface area contributed by atoms with Gasteiger partial charge in [-0.25, -0.2) is 4.99 Å². The summed E-state index contributed by atoms with van der Waals surface area (Å²) >= 11 is 0. The molecule has 0 radical (unpaired) electrons. The molecule has 0 saturated carbocycles. The summed E-state index contributed by atoms with van der Waals surface area (Å²) in [6.45, 7) is 2.24. The highest BCUT2D eigenvalue weighted by Crippen LogP contribution is 2.39. The maximum absolute atomic E-state index is 4.99. The highest BCUT2D eigenvalue weighted by molar-refractivity contribution is 6.15. The molecule has 1 aliphatic carbocycles. The van der Waals surface area contributed by atoms with Gasteiger partial charge in [0.2, 0.25) is 5.96 Å². The van der Waals surface area contributed by atoms with Gasteiger partial charge < -0.3 is 9.88 Å². The third kappa shape index (κ3) is 6.33. The minimum Gasteiger partial charge on any atom is -0.343 e. The van der Waals surface area contributed by atoms with E-state index in [1.807, 2.05) is 6.20 Å². The van der Waals surface area contributed by atoms with Gasteiger partial charge in [0.05, 0.1) is 27.6 Å². The summed E-state index contributed by atoms with van der Waals surface area (Å²) in [5, 5.41) is 8.74. The Morgan fingerprint density at radius 3 is 1.71 bits per heavy atom. The second-order valence-electron chi connectivity index (χ2n) is 17.0. The lowest BCUT2D eigenvalue weighted by Gasteiger charge is -2.33. The number of hydrogen-bond donors (Lipinski definition) is 1. The van der Waals surface area contributed by atoms with Crippen molar-refractivity contribution >= 4 is 55.1 Å². The highest BCUT2D eigenvalue weighted by atomic mass is 15.2. The van der Waals surface area contributed by atoms with Gasteiger partial charge in [-0.05, 0) is 131 Å². The van der Waals surface area contributed by atoms with Crippen molar-refractivity contribution < 1.29 is 0 Å². The van der Waals surface area contributed by atoms with Crippen molar-refractivity contribution in [1.29, 1.82) is 0 Å². The van der Waals surface area contributed by atoms with Crippen LogP contribution in [-0.4, -0.2) is 15.1 Å². The maximum atomic E-state index is 4.99. The first-order valence-electron chi connectivity index (χ1n) is 21.9. The first-order chi connectivity index (χ1) is 31.1. The molecule has 63 heavy (non-hydrogen) atoms. The molecular weight excluding hydrogens is 765 g/mol. The fourth-order valence-corrected chi connectivity index (χ4v) is 9.83. The van der Waals surface area contributed by atoms with E-state index in [0.29, 0.717) is 0 Å². The van der Waals surface area contributed by atoms with E-state index >= 15 is 0 Å². The van der Waals surface area contributed by atoms with Gasteiger partial charge in [0.1, 0.15) is 0 Å². The number of para-hydroxylation sites is 2. The molecule has 4 heteroatoms. The van der Waals surface area contributed by atoms with Crippen molar-refractivity contribution in [1.82, 2.24) is 14.5 Å². The summed E-state index contributed by atoms with van der Waals surface area (Å²) in [4.78, 5) is 4.99. The number of benzene rings is 8. The minimum atomic E-state index is -0.484. The Morgan fingerprint density at radius 2 is 1.02 bits per heavy atom. The molecule has 10 aromatic rings. The highest BCUT2D eigenvalue weighted by Gasteiger charge is 2.29. The normalized spacial score (nSPS) is 16.1. The summed E-state index contributed by atoms with van der Waals surface area (Å²) < 4.78 is 4.68. The zero-order valence-corrected chi connectivity index (χ0v) is 35.0. The number of allylic oxidation sites excluding steroid dienone is 4. The number of nitrogens with zero attached hydrogens (tertiary/aromatic N) is 3. The standard InChI is InChI=1S/C59H44N4/c1-59(48-18-12-17-45(37-48)44-25-23-42(24-26-44)40-13-4-2-5-14-40)35-36-60-58(61-59)63-55-22-11-9-20-51(55)53-39-47(30-34-57(53)63)46-29-33-56-52(38-46)50-19-8-10-21-54(50)62(56)49-31-27-43(28-32-49)41-15-6-3-7-16-41/h2-4,6-13,15-39H,5,14H2,1H3,(H,60,61). The smallest absolute Gasteiger partial charge is 0.208 e. The average Bonchev–Trinajstić information content (AvgIpc) is 3.87. The molecule has 2 aliphatic rings. The van der Waals surface area contributed by atoms with Crippen molar-refractivity contribution in [3.8, 4) is 39.1 Å². The molecule has 8 aromatic carbocycles. The lowest BCUT2D eigenvalue weighted by Crippen LogP contribution is -2.46. The van der Waals surface area contributed by atoms with Crippen molar-refractivity contribution in [3.63, 3.8) is 0 Å². The molecule has 0 spiro atoms. The van der Waals surface area contributed by atoms with Crippen LogP contribution in [0.1, 0.15) is 30.9 Å². The Labute approximate surface area is 367 Å². The lowest BCUT2D eigenvalue weighted by molar-refractivity contribution is 0.537. The fourth-order valence-electron chi connectivity index (χ4n) is 9.83. The number of aromatic nitrogens is 2. The minimum absolute atomic E-state index is 0.484. The molecule has 1 aliphatic heterocycles. The molecule has 12 rings (SSSR count). The average molecular weight is 809 g/mol. The van der Waals surface area contributed by atoms with Crippen molar-refractivity contribution in [2.45, 2.75) is 25.3 Å². The summed E-state index contributed by atoms with van der Waals surface area (Å²) in [7, 11) is 0. The van der Waals surface area contributed by atoms with Crippen LogP contribution in [0.15, 0.2) is 224 Å². The Kier molecular flexibility index (Phi) is 8.72. The molecule has 4 nitrogen and oxygen atoms in total. The number of hydrogen-bond acceptors (Lipinski definition) is 2. The van der Waals surface area contributed by atoms with Crippen LogP contribution in [0, 0.1) is 0 Å². The number of rotatable bonds is 6. The third-order valence-corrected chi connectivity index (χ3v) is 13.2. The Hall–Kier alpha value is -7.95. The van der Waals surface area contributed by atoms with Crippen LogP contribution in [0.2, 0.25) is 0 Å². The van der Waals surface area contributed by atoms with Crippen LogP contribution < -0.4 is 5.32 Å². The van der Waals surface area contributed by atoms with Crippen LogP contribution in [0.4, 0.5) is 0 Å². The van der Waals surface area contributed by atoms with E-state index in [-0.39, 0.29) is 0 Å². The second kappa shape index (κ2) is 14.9. The van der Waals surface area contributed by atoms with Crippen LogP contribution >= 0.6 is 0 Å². The molecule has 0 bridgehead atoms. The molecule has 3 heterocycles. The molecule has 300 valence electrons. The van der Waals surface area contributed by atoms with E-state index in [1.165, 1.54) is 82.7 Å². The third-order valence-electron chi connectivity index (χ3n) is 13.2. The van der Waals surface area contributed by atoms with Gasteiger partial charge in [0.25, 0.3) is 0 Å². The predicted molar refractivity (Wildman–Crippen MR) is 265 cm³/mol. The fraction of sp³-hybridized carbons (Fsp3) is 0.0678. The van der Waals surface area contributed by atoms with Crippen molar-refractivity contribution in [2.75, 3.05) is 0 Å². The number of nitrogens with one attached hydrogen (secondary N) is 1. The van der Waals surface area contributed by atoms with Crippen molar-refractivity contribution in [3.05, 3.63) is 230 Å². The van der Waals surface area contributed by atoms with Crippen LogP contribution in [-0.2, 0) is 5.54 Å². The molecule has 0 saturated heterocycles. The SMILES string of the molecule is CC1(c2cccc(-c3ccc(C4=CC=CCC4)cc3)c2)C=CN=C(n2c3ccccc3c3cc(-c4ccc5c(c4)c4ccccc4n5-c4ccc(-c5ccccc5)cc4)ccc32)N1. The zero-order chi connectivity index (χ0) is 41.9.